The lowest BCUT2D eigenvalue weighted by Crippen LogP contribution is -2.48. The van der Waals surface area contributed by atoms with Crippen LogP contribution >= 0.6 is 0 Å². The lowest BCUT2D eigenvalue weighted by atomic mass is 10.3. The second-order valence-corrected chi connectivity index (χ2v) is 9.62. The number of rotatable bonds is 10. The monoisotopic (exact) mass is 508 g/mol. The van der Waals surface area contributed by atoms with Gasteiger partial charge in [0.05, 0.1) is 32.8 Å². The van der Waals surface area contributed by atoms with E-state index in [2.05, 4.69) is 27.4 Å². The van der Waals surface area contributed by atoms with E-state index in [1.165, 1.54) is 0 Å². The van der Waals surface area contributed by atoms with Crippen molar-refractivity contribution in [3.63, 3.8) is 0 Å². The largest absolute Gasteiger partial charge is 0.480 e. The van der Waals surface area contributed by atoms with Crippen LogP contribution in [0.2, 0.25) is 0 Å². The summed E-state index contributed by atoms with van der Waals surface area (Å²) < 4.78 is 115. The molecule has 0 aliphatic carbocycles. The number of ether oxygens (including phenoxy) is 1. The van der Waals surface area contributed by atoms with E-state index in [1.807, 2.05) is 0 Å². The van der Waals surface area contributed by atoms with Crippen LogP contribution in [0.5, 0.6) is 0 Å². The number of halogens is 6. The second kappa shape index (κ2) is 12.0. The summed E-state index contributed by atoms with van der Waals surface area (Å²) in [5.41, 5.74) is -11.9. The minimum Gasteiger partial charge on any atom is -0.462 e. The van der Waals surface area contributed by atoms with Crippen LogP contribution in [-0.4, -0.2) is 71.1 Å². The van der Waals surface area contributed by atoms with Gasteiger partial charge in [-0.3, -0.25) is 0 Å². The van der Waals surface area contributed by atoms with Crippen molar-refractivity contribution in [2.45, 2.75) is 45.1 Å². The van der Waals surface area contributed by atoms with Gasteiger partial charge in [-0.15, -0.1) is 0 Å². The molecular formula is C15H26F6N2O6S2. The van der Waals surface area contributed by atoms with Crippen LogP contribution in [0, 0.1) is 0 Å². The highest BCUT2D eigenvalue weighted by Gasteiger charge is 2.46. The minimum atomic E-state index is -6.72. The van der Waals surface area contributed by atoms with Crippen LogP contribution in [-0.2, 0) is 29.6 Å². The molecule has 0 unspecified atom stereocenters. The molecule has 0 aromatic carbocycles. The number of hydrogen-bond donors (Lipinski definition) is 0. The molecule has 8 nitrogen and oxygen atoms in total. The van der Waals surface area contributed by atoms with Crippen LogP contribution in [0.4, 0.5) is 26.3 Å². The average Bonchev–Trinajstić information content (AvgIpc) is 2.60. The van der Waals surface area contributed by atoms with Gasteiger partial charge in [0.15, 0.2) is 20.0 Å². The maximum Gasteiger partial charge on any atom is 0.480 e. The van der Waals surface area contributed by atoms with Crippen molar-refractivity contribution in [2.24, 2.45) is 0 Å². The van der Waals surface area contributed by atoms with E-state index in [4.69, 9.17) is 4.74 Å². The predicted octanol–water partition coefficient (Wildman–Crippen LogP) is 3.43. The molecule has 31 heavy (non-hydrogen) atoms. The van der Waals surface area contributed by atoms with Gasteiger partial charge in [-0.2, -0.15) is 26.3 Å². The van der Waals surface area contributed by atoms with Crippen molar-refractivity contribution in [1.29, 1.82) is 0 Å². The summed E-state index contributed by atoms with van der Waals surface area (Å²) in [4.78, 5) is 11.1. The van der Waals surface area contributed by atoms with E-state index in [0.29, 0.717) is 12.2 Å². The second-order valence-electron chi connectivity index (χ2n) is 6.20. The summed E-state index contributed by atoms with van der Waals surface area (Å²) in [5.74, 6) is -0.275. The van der Waals surface area contributed by atoms with E-state index in [9.17, 15) is 48.0 Å². The molecule has 0 rings (SSSR count). The third-order valence-corrected chi connectivity index (χ3v) is 6.89. The fourth-order valence-corrected chi connectivity index (χ4v) is 3.76. The molecule has 0 aromatic heterocycles. The Labute approximate surface area is 177 Å². The molecule has 0 spiro atoms. The number of hydrogen-bond acceptors (Lipinski definition) is 6. The normalized spacial score (nSPS) is 13.2. The molecule has 0 N–H and O–H groups in total. The molecule has 0 aliphatic heterocycles. The van der Waals surface area contributed by atoms with E-state index >= 15 is 0 Å². The number of nitrogens with zero attached hydrogens (tertiary/aromatic N) is 2. The highest BCUT2D eigenvalue weighted by atomic mass is 32.3. The molecule has 0 aromatic rings. The van der Waals surface area contributed by atoms with Crippen LogP contribution < -0.4 is 0 Å². The van der Waals surface area contributed by atoms with E-state index in [0.717, 1.165) is 41.2 Å². The van der Waals surface area contributed by atoms with Gasteiger partial charge < -0.3 is 13.3 Å². The lowest BCUT2D eigenvalue weighted by Gasteiger charge is -2.35. The Hall–Kier alpha value is -1.39. The summed E-state index contributed by atoms with van der Waals surface area (Å²) in [6, 6.07) is 0. The van der Waals surface area contributed by atoms with Gasteiger partial charge in [0.2, 0.25) is 0 Å². The smallest absolute Gasteiger partial charge is 0.462 e. The first-order chi connectivity index (χ1) is 13.7. The molecule has 0 fully saturated rings. The third kappa shape index (κ3) is 10.7. The van der Waals surface area contributed by atoms with Gasteiger partial charge in [0, 0.05) is 12.0 Å². The Morgan fingerprint density at radius 3 is 1.52 bits per heavy atom. The highest BCUT2D eigenvalue weighted by molar-refractivity contribution is 8.13. The quantitative estimate of drug-likeness (QED) is 0.147. The first-order valence-electron chi connectivity index (χ1n) is 8.76. The molecular weight excluding hydrogens is 482 g/mol. The maximum absolute atomic E-state index is 11.4. The zero-order valence-electron chi connectivity index (χ0n) is 17.4. The van der Waals surface area contributed by atoms with Gasteiger partial charge in [-0.05, 0) is 27.7 Å². The topological polar surface area (TPSA) is 109 Å². The zero-order chi connectivity index (χ0) is 25.3. The molecule has 0 atom stereocenters. The van der Waals surface area contributed by atoms with E-state index in [1.54, 1.807) is 6.92 Å². The minimum absolute atomic E-state index is 0.275. The van der Waals surface area contributed by atoms with Crippen molar-refractivity contribution in [1.82, 2.24) is 0 Å². The third-order valence-electron chi connectivity index (χ3n) is 4.15. The van der Waals surface area contributed by atoms with E-state index in [-0.39, 0.29) is 5.97 Å². The number of sulfonamides is 2. The standard InChI is InChI=1S/C13H26NO2.C2F6NO4S2/c1-6-14(7-2,8-3)10-9-11-16-13(15)12(4)5;3-1(4,5)14(10,11)9-15(12,13)2(6,7)8/h4,6-11H2,1-3,5H3;/q+1;-1. The van der Waals surface area contributed by atoms with Crippen LogP contribution in [0.25, 0.3) is 4.13 Å². The first kappa shape index (κ1) is 31.8. The van der Waals surface area contributed by atoms with E-state index < -0.39 is 31.1 Å². The molecule has 0 saturated heterocycles. The number of carbonyl (C=O) groups excluding carboxylic acids is 1. The summed E-state index contributed by atoms with van der Waals surface area (Å²) >= 11 is 0. The number of esters is 1. The number of carbonyl (C=O) groups is 1. The molecule has 0 heterocycles. The molecule has 0 saturated carbocycles. The van der Waals surface area contributed by atoms with Gasteiger partial charge in [-0.25, -0.2) is 21.6 Å². The molecule has 186 valence electrons. The summed E-state index contributed by atoms with van der Waals surface area (Å²) in [6.07, 6.45) is 0.925. The predicted molar refractivity (Wildman–Crippen MR) is 100 cm³/mol. The van der Waals surface area contributed by atoms with Crippen molar-refractivity contribution in [3.8, 4) is 0 Å². The average molecular weight is 509 g/mol. The van der Waals surface area contributed by atoms with Crippen molar-refractivity contribution < 1.29 is 57.2 Å². The number of quaternary nitrogens is 1. The molecule has 16 heteroatoms. The summed E-state index contributed by atoms with van der Waals surface area (Å²) in [7, 11) is -13.4. The zero-order valence-corrected chi connectivity index (χ0v) is 19.0. The van der Waals surface area contributed by atoms with Gasteiger partial charge in [-0.1, -0.05) is 6.58 Å². The molecule has 0 bridgehead atoms. The van der Waals surface area contributed by atoms with Crippen LogP contribution in [0.15, 0.2) is 12.2 Å². The SMILES string of the molecule is C=C(C)C(=O)OCCC[N+](CC)(CC)CC.O=S(=O)([N-]S(=O)(=O)C(F)(F)F)C(F)(F)F. The van der Waals surface area contributed by atoms with Crippen molar-refractivity contribution >= 4 is 26.0 Å². The van der Waals surface area contributed by atoms with Crippen LogP contribution in [0.1, 0.15) is 34.1 Å². The Morgan fingerprint density at radius 1 is 0.903 bits per heavy atom. The fraction of sp³-hybridized carbons (Fsp3) is 0.800. The lowest BCUT2D eigenvalue weighted by molar-refractivity contribution is -0.923. The Bertz CT molecular complexity index is 753. The summed E-state index contributed by atoms with van der Waals surface area (Å²) in [6.45, 7) is 16.9. The highest BCUT2D eigenvalue weighted by Crippen LogP contribution is 2.36. The first-order valence-corrected chi connectivity index (χ1v) is 11.6. The van der Waals surface area contributed by atoms with Gasteiger partial charge >= 0.3 is 17.0 Å². The fourth-order valence-electron chi connectivity index (χ4n) is 2.05. The Morgan fingerprint density at radius 2 is 1.26 bits per heavy atom. The van der Waals surface area contributed by atoms with Crippen molar-refractivity contribution in [2.75, 3.05) is 32.8 Å². The molecule has 0 amide bonds. The van der Waals surface area contributed by atoms with Crippen molar-refractivity contribution in [3.05, 3.63) is 16.3 Å². The maximum atomic E-state index is 11.4. The van der Waals surface area contributed by atoms with Crippen LogP contribution in [0.3, 0.4) is 0 Å². The number of alkyl halides is 6. The summed E-state index contributed by atoms with van der Waals surface area (Å²) in [5, 5.41) is 0. The molecule has 0 aliphatic rings. The Kier molecular flexibility index (Phi) is 12.3. The Balaban J connectivity index is 0. The molecule has 0 radical (unpaired) electrons. The van der Waals surface area contributed by atoms with Gasteiger partial charge in [0.25, 0.3) is 0 Å². The van der Waals surface area contributed by atoms with Gasteiger partial charge in [0.1, 0.15) is 0 Å².